The normalized spacial score (nSPS) is 12.7. The summed E-state index contributed by atoms with van der Waals surface area (Å²) < 4.78 is 26.2. The number of aliphatic hydroxyl groups is 1. The molecule has 1 rings (SSSR count). The van der Waals surface area contributed by atoms with E-state index in [0.717, 1.165) is 4.31 Å². The lowest BCUT2D eigenvalue weighted by atomic mass is 10.1. The summed E-state index contributed by atoms with van der Waals surface area (Å²) in [5.41, 5.74) is -0.233. The van der Waals surface area contributed by atoms with Crippen molar-refractivity contribution in [3.05, 3.63) is 33.4 Å². The highest BCUT2D eigenvalue weighted by atomic mass is 32.2. The molecule has 7 nitrogen and oxygen atoms in total. The first kappa shape index (κ1) is 17.5. The SMILES string of the molecule is Cc1cc([N+](=O)[O-])c(S(=O)(=O)N(C)C(C)(C)CO)cc1C. The van der Waals surface area contributed by atoms with E-state index < -0.39 is 32.8 Å². The van der Waals surface area contributed by atoms with E-state index >= 15 is 0 Å². The smallest absolute Gasteiger partial charge is 0.289 e. The minimum atomic E-state index is -4.09. The zero-order chi connectivity index (χ0) is 16.6. The first-order valence-electron chi connectivity index (χ1n) is 6.30. The second-order valence-corrected chi connectivity index (χ2v) is 7.54. The van der Waals surface area contributed by atoms with Gasteiger partial charge in [0.2, 0.25) is 10.0 Å². The van der Waals surface area contributed by atoms with E-state index in [1.165, 1.54) is 33.0 Å². The number of nitro groups is 1. The minimum Gasteiger partial charge on any atom is -0.394 e. The van der Waals surface area contributed by atoms with Crippen LogP contribution in [0.15, 0.2) is 17.0 Å². The van der Waals surface area contributed by atoms with E-state index in [2.05, 4.69) is 0 Å². The van der Waals surface area contributed by atoms with Gasteiger partial charge in [-0.1, -0.05) is 0 Å². The van der Waals surface area contributed by atoms with Crippen molar-refractivity contribution >= 4 is 15.7 Å². The Morgan fingerprint density at radius 2 is 1.76 bits per heavy atom. The quantitative estimate of drug-likeness (QED) is 0.657. The standard InChI is InChI=1S/C13H20N2O5S/c1-9-6-11(15(17)18)12(7-10(9)2)21(19,20)14(5)13(3,4)8-16/h6-7,16H,8H2,1-5H3. The summed E-state index contributed by atoms with van der Waals surface area (Å²) >= 11 is 0. The predicted molar refractivity (Wildman–Crippen MR) is 78.7 cm³/mol. The van der Waals surface area contributed by atoms with E-state index in [9.17, 15) is 23.6 Å². The molecule has 8 heteroatoms. The molecule has 0 aliphatic heterocycles. The van der Waals surface area contributed by atoms with Crippen LogP contribution in [0.3, 0.4) is 0 Å². The van der Waals surface area contributed by atoms with Crippen LogP contribution in [0.4, 0.5) is 5.69 Å². The fourth-order valence-corrected chi connectivity index (χ4v) is 3.42. The molecular weight excluding hydrogens is 296 g/mol. The molecule has 0 unspecified atom stereocenters. The van der Waals surface area contributed by atoms with Crippen molar-refractivity contribution in [1.29, 1.82) is 0 Å². The molecule has 0 saturated heterocycles. The van der Waals surface area contributed by atoms with Crippen LogP contribution in [0.2, 0.25) is 0 Å². The van der Waals surface area contributed by atoms with Gasteiger partial charge in [0.25, 0.3) is 5.69 Å². The summed E-state index contributed by atoms with van der Waals surface area (Å²) in [6, 6.07) is 2.55. The Bertz CT molecular complexity index is 667. The largest absolute Gasteiger partial charge is 0.394 e. The summed E-state index contributed by atoms with van der Waals surface area (Å²) in [5, 5.41) is 20.5. The number of aliphatic hydroxyl groups excluding tert-OH is 1. The highest BCUT2D eigenvalue weighted by Gasteiger charge is 2.37. The number of benzene rings is 1. The van der Waals surface area contributed by atoms with Crippen molar-refractivity contribution in [2.24, 2.45) is 0 Å². The van der Waals surface area contributed by atoms with Gasteiger partial charge in [0.15, 0.2) is 4.90 Å². The van der Waals surface area contributed by atoms with Gasteiger partial charge in [0.05, 0.1) is 17.1 Å². The Morgan fingerprint density at radius 1 is 1.29 bits per heavy atom. The van der Waals surface area contributed by atoms with Crippen molar-refractivity contribution in [3.8, 4) is 0 Å². The number of nitro benzene ring substituents is 1. The maximum absolute atomic E-state index is 12.6. The van der Waals surface area contributed by atoms with Crippen LogP contribution in [0.5, 0.6) is 0 Å². The third-order valence-electron chi connectivity index (χ3n) is 3.65. The number of hydrogen-bond donors (Lipinski definition) is 1. The maximum atomic E-state index is 12.6. The number of rotatable bonds is 5. The van der Waals surface area contributed by atoms with E-state index in [0.29, 0.717) is 11.1 Å². The van der Waals surface area contributed by atoms with Crippen molar-refractivity contribution in [1.82, 2.24) is 4.31 Å². The van der Waals surface area contributed by atoms with Gasteiger partial charge >= 0.3 is 0 Å². The molecule has 0 heterocycles. The summed E-state index contributed by atoms with van der Waals surface area (Å²) in [4.78, 5) is 10.1. The third kappa shape index (κ3) is 3.22. The average Bonchev–Trinajstić information content (AvgIpc) is 2.39. The lowest BCUT2D eigenvalue weighted by Crippen LogP contribution is -2.47. The van der Waals surface area contributed by atoms with Gasteiger partial charge in [-0.2, -0.15) is 4.31 Å². The van der Waals surface area contributed by atoms with Crippen molar-refractivity contribution < 1.29 is 18.4 Å². The first-order valence-corrected chi connectivity index (χ1v) is 7.74. The molecule has 0 saturated carbocycles. The predicted octanol–water partition coefficient (Wildman–Crippen LogP) is 1.60. The molecular formula is C13H20N2O5S. The minimum absolute atomic E-state index is 0.361. The molecule has 1 N–H and O–H groups in total. The maximum Gasteiger partial charge on any atom is 0.289 e. The molecule has 0 radical (unpaired) electrons. The third-order valence-corrected chi connectivity index (χ3v) is 5.75. The molecule has 118 valence electrons. The lowest BCUT2D eigenvalue weighted by Gasteiger charge is -2.32. The van der Waals surface area contributed by atoms with Crippen LogP contribution in [0.25, 0.3) is 0 Å². The van der Waals surface area contributed by atoms with Crippen LogP contribution in [-0.2, 0) is 10.0 Å². The number of hydrogen-bond acceptors (Lipinski definition) is 5. The molecule has 21 heavy (non-hydrogen) atoms. The molecule has 0 amide bonds. The number of likely N-dealkylation sites (N-methyl/N-ethyl adjacent to an activating group) is 1. The molecule has 0 spiro atoms. The Balaban J connectivity index is 3.59. The monoisotopic (exact) mass is 316 g/mol. The highest BCUT2D eigenvalue weighted by Crippen LogP contribution is 2.31. The second-order valence-electron chi connectivity index (χ2n) is 5.60. The number of aryl methyl sites for hydroxylation is 2. The lowest BCUT2D eigenvalue weighted by molar-refractivity contribution is -0.387. The number of sulfonamides is 1. The molecule has 0 atom stereocenters. The Kier molecular flexibility index (Phi) is 4.76. The van der Waals surface area contributed by atoms with Crippen molar-refractivity contribution in [3.63, 3.8) is 0 Å². The van der Waals surface area contributed by atoms with Gasteiger partial charge in [-0.15, -0.1) is 0 Å². The summed E-state index contributed by atoms with van der Waals surface area (Å²) in [6.07, 6.45) is 0. The molecule has 0 aromatic heterocycles. The second kappa shape index (κ2) is 5.70. The zero-order valence-corrected chi connectivity index (χ0v) is 13.6. The number of nitrogens with zero attached hydrogens (tertiary/aromatic N) is 2. The Hall–Kier alpha value is -1.51. The average molecular weight is 316 g/mol. The van der Waals surface area contributed by atoms with Gasteiger partial charge in [-0.25, -0.2) is 8.42 Å². The Morgan fingerprint density at radius 3 is 2.19 bits per heavy atom. The summed E-state index contributed by atoms with van der Waals surface area (Å²) in [5.74, 6) is 0. The van der Waals surface area contributed by atoms with E-state index in [1.807, 2.05) is 0 Å². The van der Waals surface area contributed by atoms with Crippen LogP contribution < -0.4 is 0 Å². The molecule has 0 fully saturated rings. The molecule has 1 aromatic rings. The van der Waals surface area contributed by atoms with Gasteiger partial charge in [-0.3, -0.25) is 10.1 Å². The van der Waals surface area contributed by atoms with Crippen LogP contribution in [0.1, 0.15) is 25.0 Å². The van der Waals surface area contributed by atoms with Gasteiger partial charge in [-0.05, 0) is 44.9 Å². The Labute approximate surface area is 124 Å². The molecule has 0 bridgehead atoms. The van der Waals surface area contributed by atoms with Crippen LogP contribution >= 0.6 is 0 Å². The molecule has 1 aromatic carbocycles. The van der Waals surface area contributed by atoms with E-state index in [4.69, 9.17) is 0 Å². The van der Waals surface area contributed by atoms with E-state index in [-0.39, 0.29) is 4.90 Å². The summed E-state index contributed by atoms with van der Waals surface area (Å²) in [7, 11) is -2.80. The van der Waals surface area contributed by atoms with Gasteiger partial charge < -0.3 is 5.11 Å². The van der Waals surface area contributed by atoms with Crippen molar-refractivity contribution in [2.45, 2.75) is 38.1 Å². The van der Waals surface area contributed by atoms with Crippen molar-refractivity contribution in [2.75, 3.05) is 13.7 Å². The van der Waals surface area contributed by atoms with Gasteiger partial charge in [0.1, 0.15) is 0 Å². The van der Waals surface area contributed by atoms with Crippen LogP contribution in [-0.4, -0.2) is 41.9 Å². The molecule has 0 aliphatic carbocycles. The van der Waals surface area contributed by atoms with E-state index in [1.54, 1.807) is 13.8 Å². The fraction of sp³-hybridized carbons (Fsp3) is 0.538. The fourth-order valence-electron chi connectivity index (χ4n) is 1.70. The first-order chi connectivity index (χ1) is 9.45. The zero-order valence-electron chi connectivity index (χ0n) is 12.7. The molecule has 0 aliphatic rings. The van der Waals surface area contributed by atoms with Gasteiger partial charge in [0, 0.05) is 13.1 Å². The summed E-state index contributed by atoms with van der Waals surface area (Å²) in [6.45, 7) is 6.05. The highest BCUT2D eigenvalue weighted by molar-refractivity contribution is 7.89. The van der Waals surface area contributed by atoms with Crippen LogP contribution in [0, 0.1) is 24.0 Å². The topological polar surface area (TPSA) is 101 Å².